The Morgan fingerprint density at radius 1 is 0.233 bits per heavy atom. The van der Waals surface area contributed by atoms with Crippen LogP contribution < -0.4 is 0 Å². The summed E-state index contributed by atoms with van der Waals surface area (Å²) in [6.45, 7) is 0. The highest BCUT2D eigenvalue weighted by Crippen LogP contribution is 2.51. The molecule has 0 amide bonds. The van der Waals surface area contributed by atoms with Crippen molar-refractivity contribution < 1.29 is 0 Å². The lowest BCUT2D eigenvalue weighted by Gasteiger charge is -2.20. The summed E-state index contributed by atoms with van der Waals surface area (Å²) in [5.41, 5.74) is 10.1. The zero-order valence-electron chi connectivity index (χ0n) is 32.4. The van der Waals surface area contributed by atoms with Crippen LogP contribution in [-0.4, -0.2) is 0 Å². The average molecular weight is 795 g/mol. The van der Waals surface area contributed by atoms with E-state index in [0.29, 0.717) is 0 Å². The van der Waals surface area contributed by atoms with Gasteiger partial charge < -0.3 is 0 Å². The summed E-state index contributed by atoms with van der Waals surface area (Å²) in [4.78, 5) is 0. The third-order valence-electron chi connectivity index (χ3n) is 12.6. The molecule has 13 aromatic rings. The zero-order chi connectivity index (χ0) is 39.3. The molecule has 0 nitrogen and oxygen atoms in total. The molecule has 0 aliphatic heterocycles. The molecule has 0 atom stereocenters. The third-order valence-corrected chi connectivity index (χ3v) is 15.0. The Morgan fingerprint density at radius 3 is 1.20 bits per heavy atom. The molecule has 0 fully saturated rings. The van der Waals surface area contributed by atoms with Gasteiger partial charge in [0, 0.05) is 51.5 Å². The summed E-state index contributed by atoms with van der Waals surface area (Å²) in [5.74, 6) is 0. The first kappa shape index (κ1) is 33.8. The molecule has 2 aromatic heterocycles. The molecule has 0 unspecified atom stereocenters. The van der Waals surface area contributed by atoms with Crippen LogP contribution in [0.5, 0.6) is 0 Å². The Bertz CT molecular complexity index is 3670. The lowest BCUT2D eigenvalue weighted by Crippen LogP contribution is -1.93. The van der Waals surface area contributed by atoms with Gasteiger partial charge in [-0.1, -0.05) is 176 Å². The number of hydrogen-bond donors (Lipinski definition) is 0. The fourth-order valence-corrected chi connectivity index (χ4v) is 12.6. The zero-order valence-corrected chi connectivity index (χ0v) is 34.1. The Morgan fingerprint density at radius 2 is 0.650 bits per heavy atom. The minimum Gasteiger partial charge on any atom is -0.135 e. The van der Waals surface area contributed by atoms with Crippen LogP contribution in [0, 0.1) is 0 Å². The third kappa shape index (κ3) is 4.96. The normalized spacial score (nSPS) is 12.0. The van der Waals surface area contributed by atoms with Crippen molar-refractivity contribution in [1.82, 2.24) is 0 Å². The maximum atomic E-state index is 2.53. The molecule has 278 valence electrons. The van der Waals surface area contributed by atoms with Gasteiger partial charge in [0.25, 0.3) is 0 Å². The van der Waals surface area contributed by atoms with Gasteiger partial charge in [0.05, 0.1) is 0 Å². The number of benzene rings is 11. The van der Waals surface area contributed by atoms with Crippen LogP contribution in [-0.2, 0) is 0 Å². The average Bonchev–Trinajstić information content (AvgIpc) is 3.87. The van der Waals surface area contributed by atoms with Gasteiger partial charge >= 0.3 is 0 Å². The number of thiophene rings is 2. The molecule has 13 rings (SSSR count). The van der Waals surface area contributed by atoms with E-state index in [4.69, 9.17) is 0 Å². The summed E-state index contributed by atoms with van der Waals surface area (Å²) >= 11 is 3.83. The van der Waals surface area contributed by atoms with Gasteiger partial charge in [-0.15, -0.1) is 22.7 Å². The summed E-state index contributed by atoms with van der Waals surface area (Å²) in [6.07, 6.45) is 0. The van der Waals surface area contributed by atoms with Gasteiger partial charge in [-0.2, -0.15) is 0 Å². The van der Waals surface area contributed by atoms with E-state index in [9.17, 15) is 0 Å². The number of rotatable bonds is 4. The fourth-order valence-electron chi connectivity index (χ4n) is 10.0. The van der Waals surface area contributed by atoms with Gasteiger partial charge in [-0.3, -0.25) is 0 Å². The van der Waals surface area contributed by atoms with Crippen LogP contribution in [0.3, 0.4) is 0 Å². The van der Waals surface area contributed by atoms with Crippen LogP contribution >= 0.6 is 22.7 Å². The monoisotopic (exact) mass is 794 g/mol. The molecule has 0 N–H and O–H groups in total. The summed E-state index contributed by atoms with van der Waals surface area (Å²) in [5, 5.41) is 15.4. The second kappa shape index (κ2) is 13.2. The first-order chi connectivity index (χ1) is 29.8. The Labute approximate surface area is 354 Å². The van der Waals surface area contributed by atoms with E-state index >= 15 is 0 Å². The van der Waals surface area contributed by atoms with Crippen LogP contribution in [0.2, 0.25) is 0 Å². The summed E-state index contributed by atoms with van der Waals surface area (Å²) in [6, 6.07) is 77.0. The molecule has 0 saturated heterocycles. The van der Waals surface area contributed by atoms with E-state index in [-0.39, 0.29) is 0 Å². The topological polar surface area (TPSA) is 0 Å². The molecule has 11 aromatic carbocycles. The van der Waals surface area contributed by atoms with Crippen molar-refractivity contribution in [3.63, 3.8) is 0 Å². The SMILES string of the molecule is c1ccc(-c2ccccc2-c2c3cccc(-c4c5ccccc5cc5c4sc4ccccc45)c3cc3c(-c4c5ccccc5cc5c4sc4ccccc45)cccc23)cc1. The molecule has 0 saturated carbocycles. The second-order valence-electron chi connectivity index (χ2n) is 15.9. The molecule has 60 heavy (non-hydrogen) atoms. The Hall–Kier alpha value is -7.10. The molecule has 2 heteroatoms. The van der Waals surface area contributed by atoms with Gasteiger partial charge in [0.15, 0.2) is 0 Å². The van der Waals surface area contributed by atoms with Crippen LogP contribution in [0.1, 0.15) is 0 Å². The van der Waals surface area contributed by atoms with Crippen molar-refractivity contribution in [1.29, 1.82) is 0 Å². The molecule has 2 heterocycles. The molecular weight excluding hydrogens is 761 g/mol. The summed E-state index contributed by atoms with van der Waals surface area (Å²) < 4.78 is 5.31. The maximum absolute atomic E-state index is 2.53. The van der Waals surface area contributed by atoms with Crippen LogP contribution in [0.15, 0.2) is 206 Å². The highest BCUT2D eigenvalue weighted by atomic mass is 32.1. The van der Waals surface area contributed by atoms with Crippen LogP contribution in [0.4, 0.5) is 0 Å². The minimum atomic E-state index is 1.22. The van der Waals surface area contributed by atoms with Crippen molar-refractivity contribution in [2.24, 2.45) is 0 Å². The van der Waals surface area contributed by atoms with Crippen molar-refractivity contribution in [2.45, 2.75) is 0 Å². The van der Waals surface area contributed by atoms with Gasteiger partial charge in [-0.05, 0) is 107 Å². The highest BCUT2D eigenvalue weighted by Gasteiger charge is 2.23. The lowest BCUT2D eigenvalue weighted by molar-refractivity contribution is 1.61. The standard InChI is InChI=1S/C58H34S2/c1-2-16-35(17-3-1)38-20-8-9-25-43(38)54-44-26-14-28-46(55-39-21-6-4-18-36(39)32-50-41-23-10-12-30-52(41)59-57(50)55)48(44)34-49-45(54)27-15-29-47(49)56-40-22-7-5-19-37(40)33-51-42-24-11-13-31-53(42)60-58(51)56/h1-34H. The smallest absolute Gasteiger partial charge is 0.0440 e. The van der Waals surface area contributed by atoms with Crippen molar-refractivity contribution in [3.8, 4) is 44.5 Å². The van der Waals surface area contributed by atoms with Gasteiger partial charge in [0.1, 0.15) is 0 Å². The van der Waals surface area contributed by atoms with E-state index in [0.717, 1.165) is 0 Å². The molecular formula is C58H34S2. The summed E-state index contributed by atoms with van der Waals surface area (Å²) in [7, 11) is 0. The van der Waals surface area contributed by atoms with Crippen molar-refractivity contribution >= 4 is 106 Å². The first-order valence-electron chi connectivity index (χ1n) is 20.6. The van der Waals surface area contributed by atoms with Crippen molar-refractivity contribution in [2.75, 3.05) is 0 Å². The number of fused-ring (bicyclic) bond motifs is 10. The van der Waals surface area contributed by atoms with E-state index in [1.807, 2.05) is 22.7 Å². The van der Waals surface area contributed by atoms with Gasteiger partial charge in [0.2, 0.25) is 0 Å². The lowest BCUT2D eigenvalue weighted by atomic mass is 9.83. The first-order valence-corrected chi connectivity index (χ1v) is 22.2. The largest absolute Gasteiger partial charge is 0.135 e. The fraction of sp³-hybridized carbons (Fsp3) is 0. The number of hydrogen-bond acceptors (Lipinski definition) is 2. The van der Waals surface area contributed by atoms with Crippen molar-refractivity contribution in [3.05, 3.63) is 206 Å². The predicted octanol–water partition coefficient (Wildman–Crippen LogP) is 17.7. The molecule has 0 aliphatic carbocycles. The second-order valence-corrected chi connectivity index (χ2v) is 18.0. The van der Waals surface area contributed by atoms with Gasteiger partial charge in [-0.25, -0.2) is 0 Å². The molecule has 0 bridgehead atoms. The molecule has 0 spiro atoms. The molecule has 0 radical (unpaired) electrons. The predicted molar refractivity (Wildman–Crippen MR) is 264 cm³/mol. The Kier molecular flexibility index (Phi) is 7.45. The quantitative estimate of drug-likeness (QED) is 0.156. The van der Waals surface area contributed by atoms with E-state index in [1.54, 1.807) is 0 Å². The highest BCUT2D eigenvalue weighted by molar-refractivity contribution is 7.27. The maximum Gasteiger partial charge on any atom is 0.0440 e. The van der Waals surface area contributed by atoms with E-state index in [2.05, 4.69) is 206 Å². The molecule has 0 aliphatic rings. The Balaban J connectivity index is 1.23. The van der Waals surface area contributed by atoms with E-state index in [1.165, 1.54) is 128 Å². The van der Waals surface area contributed by atoms with Crippen LogP contribution in [0.25, 0.3) is 128 Å². The van der Waals surface area contributed by atoms with E-state index < -0.39 is 0 Å². The minimum absolute atomic E-state index is 1.22.